The van der Waals surface area contributed by atoms with Gasteiger partial charge in [0.1, 0.15) is 24.0 Å². The van der Waals surface area contributed by atoms with Gasteiger partial charge in [0.15, 0.2) is 0 Å². The van der Waals surface area contributed by atoms with Gasteiger partial charge in [0.2, 0.25) is 0 Å². The van der Waals surface area contributed by atoms with Gasteiger partial charge in [-0.25, -0.2) is 9.37 Å². The molecule has 0 atom stereocenters. The summed E-state index contributed by atoms with van der Waals surface area (Å²) >= 11 is 0. The molecule has 0 amide bonds. The van der Waals surface area contributed by atoms with Gasteiger partial charge in [0.25, 0.3) is 0 Å². The summed E-state index contributed by atoms with van der Waals surface area (Å²) in [6, 6.07) is 22.7. The third-order valence-corrected chi connectivity index (χ3v) is 4.87. The van der Waals surface area contributed by atoms with Crippen molar-refractivity contribution >= 4 is 11.0 Å². The molecule has 4 heteroatoms. The molecule has 4 aromatic rings. The van der Waals surface area contributed by atoms with E-state index in [-0.39, 0.29) is 5.82 Å². The highest BCUT2D eigenvalue weighted by Crippen LogP contribution is 2.27. The molecule has 0 saturated heterocycles. The molecule has 3 nitrogen and oxygen atoms in total. The van der Waals surface area contributed by atoms with E-state index in [1.807, 2.05) is 36.4 Å². The molecule has 0 unspecified atom stereocenters. The van der Waals surface area contributed by atoms with Crippen molar-refractivity contribution in [2.24, 2.45) is 0 Å². The van der Waals surface area contributed by atoms with E-state index in [0.717, 1.165) is 28.2 Å². The molecule has 4 rings (SSSR count). The molecule has 0 aliphatic heterocycles. The Morgan fingerprint density at radius 1 is 0.929 bits per heavy atom. The topological polar surface area (TPSA) is 27.1 Å². The van der Waals surface area contributed by atoms with Gasteiger partial charge in [0, 0.05) is 5.56 Å². The number of aromatic nitrogens is 2. The summed E-state index contributed by atoms with van der Waals surface area (Å²) in [7, 11) is 0. The van der Waals surface area contributed by atoms with Crippen LogP contribution < -0.4 is 4.74 Å². The van der Waals surface area contributed by atoms with Crippen LogP contribution >= 0.6 is 0 Å². The molecule has 0 fully saturated rings. The maximum atomic E-state index is 13.4. The Bertz CT molecular complexity index is 1080. The summed E-state index contributed by atoms with van der Waals surface area (Å²) in [5.41, 5.74) is 4.06. The van der Waals surface area contributed by atoms with Crippen molar-refractivity contribution in [3.63, 3.8) is 0 Å². The highest BCUT2D eigenvalue weighted by molar-refractivity contribution is 5.80. The third kappa shape index (κ3) is 3.63. The Morgan fingerprint density at radius 3 is 2.43 bits per heavy atom. The van der Waals surface area contributed by atoms with Crippen LogP contribution in [0.3, 0.4) is 0 Å². The van der Waals surface area contributed by atoms with E-state index in [0.29, 0.717) is 19.1 Å². The highest BCUT2D eigenvalue weighted by atomic mass is 19.1. The van der Waals surface area contributed by atoms with Crippen LogP contribution in [0.2, 0.25) is 0 Å². The first-order valence-electron chi connectivity index (χ1n) is 9.56. The number of ether oxygens (including phenoxy) is 1. The third-order valence-electron chi connectivity index (χ3n) is 4.87. The van der Waals surface area contributed by atoms with E-state index in [1.54, 1.807) is 12.1 Å². The minimum absolute atomic E-state index is 0.250. The molecule has 28 heavy (non-hydrogen) atoms. The largest absolute Gasteiger partial charge is 0.491 e. The lowest BCUT2D eigenvalue weighted by atomic mass is 10.0. The standard InChI is InChI=1S/C24H23FN2O/c1-17(2)20-7-3-6-10-23(20)28-16-15-27-22-9-5-4-8-21(22)26-24(27)18-11-13-19(25)14-12-18/h3-14,17H,15-16H2,1-2H3. The van der Waals surface area contributed by atoms with Crippen molar-refractivity contribution in [3.05, 3.63) is 84.2 Å². The van der Waals surface area contributed by atoms with E-state index in [2.05, 4.69) is 30.5 Å². The highest BCUT2D eigenvalue weighted by Gasteiger charge is 2.13. The minimum Gasteiger partial charge on any atom is -0.491 e. The van der Waals surface area contributed by atoms with Gasteiger partial charge in [-0.2, -0.15) is 0 Å². The van der Waals surface area contributed by atoms with E-state index in [4.69, 9.17) is 9.72 Å². The quantitative estimate of drug-likeness (QED) is 0.411. The number of benzene rings is 3. The van der Waals surface area contributed by atoms with Crippen molar-refractivity contribution in [1.29, 1.82) is 0 Å². The van der Waals surface area contributed by atoms with Crippen LogP contribution in [-0.2, 0) is 6.54 Å². The number of hydrogen-bond donors (Lipinski definition) is 0. The fraction of sp³-hybridized carbons (Fsp3) is 0.208. The van der Waals surface area contributed by atoms with E-state index >= 15 is 0 Å². The Morgan fingerprint density at radius 2 is 1.64 bits per heavy atom. The second-order valence-electron chi connectivity index (χ2n) is 7.12. The van der Waals surface area contributed by atoms with Gasteiger partial charge in [-0.1, -0.05) is 44.2 Å². The predicted octanol–water partition coefficient (Wildman–Crippen LogP) is 6.04. The van der Waals surface area contributed by atoms with Gasteiger partial charge in [-0.3, -0.25) is 0 Å². The van der Waals surface area contributed by atoms with Crippen LogP contribution in [0.5, 0.6) is 5.75 Å². The number of fused-ring (bicyclic) bond motifs is 1. The van der Waals surface area contributed by atoms with Gasteiger partial charge in [0.05, 0.1) is 17.6 Å². The summed E-state index contributed by atoms with van der Waals surface area (Å²) in [5.74, 6) is 1.90. The molecular formula is C24H23FN2O. The average molecular weight is 374 g/mol. The Kier molecular flexibility index (Phi) is 5.11. The number of hydrogen-bond acceptors (Lipinski definition) is 2. The predicted molar refractivity (Wildman–Crippen MR) is 111 cm³/mol. The summed E-state index contributed by atoms with van der Waals surface area (Å²) in [6.07, 6.45) is 0. The second kappa shape index (κ2) is 7.85. The fourth-order valence-corrected chi connectivity index (χ4v) is 3.46. The zero-order chi connectivity index (χ0) is 19.5. The van der Waals surface area contributed by atoms with Gasteiger partial charge >= 0.3 is 0 Å². The Labute approximate surface area is 164 Å². The zero-order valence-electron chi connectivity index (χ0n) is 16.1. The summed E-state index contributed by atoms with van der Waals surface area (Å²) < 4.78 is 21.6. The first kappa shape index (κ1) is 18.2. The molecular weight excluding hydrogens is 351 g/mol. The number of imidazole rings is 1. The SMILES string of the molecule is CC(C)c1ccccc1OCCn1c(-c2ccc(F)cc2)nc2ccccc21. The van der Waals surface area contributed by atoms with Gasteiger partial charge in [-0.05, 0) is 53.9 Å². The zero-order valence-corrected chi connectivity index (χ0v) is 16.1. The summed E-state index contributed by atoms with van der Waals surface area (Å²) in [4.78, 5) is 4.77. The summed E-state index contributed by atoms with van der Waals surface area (Å²) in [5, 5.41) is 0. The van der Waals surface area contributed by atoms with Crippen LogP contribution in [0.4, 0.5) is 4.39 Å². The molecule has 0 bridgehead atoms. The molecule has 0 radical (unpaired) electrons. The molecule has 1 heterocycles. The van der Waals surface area contributed by atoms with Crippen LogP contribution in [0.25, 0.3) is 22.4 Å². The molecule has 1 aromatic heterocycles. The first-order valence-corrected chi connectivity index (χ1v) is 9.56. The second-order valence-corrected chi connectivity index (χ2v) is 7.12. The van der Waals surface area contributed by atoms with E-state index in [9.17, 15) is 4.39 Å². The van der Waals surface area contributed by atoms with Gasteiger partial charge < -0.3 is 9.30 Å². The lowest BCUT2D eigenvalue weighted by Crippen LogP contribution is -2.10. The van der Waals surface area contributed by atoms with Crippen molar-refractivity contribution in [2.75, 3.05) is 6.61 Å². The maximum Gasteiger partial charge on any atom is 0.141 e. The maximum absolute atomic E-state index is 13.4. The lowest BCUT2D eigenvalue weighted by Gasteiger charge is -2.15. The monoisotopic (exact) mass is 374 g/mol. The number of halogens is 1. The summed E-state index contributed by atoms with van der Waals surface area (Å²) in [6.45, 7) is 5.51. The van der Waals surface area contributed by atoms with Crippen molar-refractivity contribution in [2.45, 2.75) is 26.3 Å². The molecule has 0 saturated carbocycles. The fourth-order valence-electron chi connectivity index (χ4n) is 3.46. The number of rotatable bonds is 6. The van der Waals surface area contributed by atoms with Crippen LogP contribution in [-0.4, -0.2) is 16.2 Å². The van der Waals surface area contributed by atoms with Crippen molar-refractivity contribution in [3.8, 4) is 17.1 Å². The van der Waals surface area contributed by atoms with E-state index < -0.39 is 0 Å². The van der Waals surface area contributed by atoms with Crippen LogP contribution in [0.15, 0.2) is 72.8 Å². The minimum atomic E-state index is -0.250. The first-order chi connectivity index (χ1) is 13.6. The number of para-hydroxylation sites is 3. The average Bonchev–Trinajstić information content (AvgIpc) is 3.07. The molecule has 142 valence electrons. The smallest absolute Gasteiger partial charge is 0.141 e. The number of nitrogens with zero attached hydrogens (tertiary/aromatic N) is 2. The van der Waals surface area contributed by atoms with Gasteiger partial charge in [-0.15, -0.1) is 0 Å². The Balaban J connectivity index is 1.63. The lowest BCUT2D eigenvalue weighted by molar-refractivity contribution is 0.297. The molecule has 0 N–H and O–H groups in total. The Hall–Kier alpha value is -3.14. The van der Waals surface area contributed by atoms with Crippen molar-refractivity contribution < 1.29 is 9.13 Å². The van der Waals surface area contributed by atoms with E-state index in [1.165, 1.54) is 17.7 Å². The molecule has 0 spiro atoms. The van der Waals surface area contributed by atoms with Crippen LogP contribution in [0, 0.1) is 5.82 Å². The molecule has 0 aliphatic carbocycles. The van der Waals surface area contributed by atoms with Crippen molar-refractivity contribution in [1.82, 2.24) is 9.55 Å². The normalized spacial score (nSPS) is 11.3. The van der Waals surface area contributed by atoms with Crippen LogP contribution in [0.1, 0.15) is 25.3 Å². The molecule has 0 aliphatic rings. The molecule has 3 aromatic carbocycles.